The molecule has 0 fully saturated rings. The molecule has 0 spiro atoms. The number of rotatable bonds is 1. The Hall–Kier alpha value is -0.200. The van der Waals surface area contributed by atoms with Crippen LogP contribution in [0.3, 0.4) is 0 Å². The van der Waals surface area contributed by atoms with E-state index in [2.05, 4.69) is 4.98 Å². The van der Waals surface area contributed by atoms with E-state index in [1.807, 2.05) is 0 Å². The summed E-state index contributed by atoms with van der Waals surface area (Å²) >= 11 is 1.78. The molecular weight excluding hydrogens is 253 g/mol. The van der Waals surface area contributed by atoms with Crippen LogP contribution >= 0.6 is 22.6 Å². The lowest BCUT2D eigenvalue weighted by atomic mass is 10.5. The van der Waals surface area contributed by atoms with Gasteiger partial charge < -0.3 is 4.57 Å². The molecule has 0 aliphatic rings. The van der Waals surface area contributed by atoms with Crippen molar-refractivity contribution in [1.29, 1.82) is 0 Å². The SMILES string of the molecule is Cn1cnc(I)c1C(F)F. The van der Waals surface area contributed by atoms with Crippen molar-refractivity contribution < 1.29 is 8.78 Å². The van der Waals surface area contributed by atoms with Crippen molar-refractivity contribution in [3.8, 4) is 0 Å². The van der Waals surface area contributed by atoms with Crippen molar-refractivity contribution >= 4 is 22.6 Å². The molecule has 0 aliphatic heterocycles. The second-order valence-electron chi connectivity index (χ2n) is 1.83. The van der Waals surface area contributed by atoms with E-state index in [0.29, 0.717) is 3.70 Å². The van der Waals surface area contributed by atoms with Crippen molar-refractivity contribution in [3.05, 3.63) is 15.7 Å². The number of nitrogens with zero attached hydrogens (tertiary/aromatic N) is 2. The van der Waals surface area contributed by atoms with Crippen LogP contribution in [0.25, 0.3) is 0 Å². The third kappa shape index (κ3) is 1.28. The summed E-state index contributed by atoms with van der Waals surface area (Å²) in [6, 6.07) is 0. The maximum atomic E-state index is 12.1. The first kappa shape index (κ1) is 7.90. The molecule has 0 bridgehead atoms. The fourth-order valence-electron chi connectivity index (χ4n) is 0.655. The van der Waals surface area contributed by atoms with Crippen molar-refractivity contribution in [3.63, 3.8) is 0 Å². The molecule has 0 amide bonds. The first-order chi connectivity index (χ1) is 4.63. The van der Waals surface area contributed by atoms with Crippen LogP contribution in [0.1, 0.15) is 12.1 Å². The Morgan fingerprint density at radius 2 is 2.30 bits per heavy atom. The van der Waals surface area contributed by atoms with Gasteiger partial charge >= 0.3 is 0 Å². The topological polar surface area (TPSA) is 17.8 Å². The highest BCUT2D eigenvalue weighted by Crippen LogP contribution is 2.22. The van der Waals surface area contributed by atoms with Gasteiger partial charge in [-0.1, -0.05) is 0 Å². The second kappa shape index (κ2) is 2.81. The molecule has 0 aliphatic carbocycles. The van der Waals surface area contributed by atoms with Gasteiger partial charge in [-0.15, -0.1) is 0 Å². The third-order valence-electron chi connectivity index (χ3n) is 1.14. The van der Waals surface area contributed by atoms with E-state index in [-0.39, 0.29) is 5.69 Å². The molecule has 56 valence electrons. The molecule has 1 aromatic heterocycles. The van der Waals surface area contributed by atoms with Gasteiger partial charge in [0.1, 0.15) is 9.39 Å². The molecule has 0 radical (unpaired) electrons. The second-order valence-corrected chi connectivity index (χ2v) is 2.85. The van der Waals surface area contributed by atoms with Crippen LogP contribution in [0.5, 0.6) is 0 Å². The number of imidazole rings is 1. The zero-order valence-electron chi connectivity index (χ0n) is 5.18. The number of alkyl halides is 2. The predicted octanol–water partition coefficient (Wildman–Crippen LogP) is 1.96. The normalized spacial score (nSPS) is 10.9. The van der Waals surface area contributed by atoms with Crippen LogP contribution in [0, 0.1) is 3.70 Å². The highest BCUT2D eigenvalue weighted by atomic mass is 127. The van der Waals surface area contributed by atoms with Crippen LogP contribution < -0.4 is 0 Å². The molecule has 0 saturated carbocycles. The Morgan fingerprint density at radius 1 is 1.70 bits per heavy atom. The Morgan fingerprint density at radius 3 is 2.50 bits per heavy atom. The Balaban J connectivity index is 3.10. The Bertz CT molecular complexity index is 214. The summed E-state index contributed by atoms with van der Waals surface area (Å²) in [5.41, 5.74) is -0.0133. The number of hydrogen-bond acceptors (Lipinski definition) is 1. The van der Waals surface area contributed by atoms with Crippen molar-refractivity contribution in [2.24, 2.45) is 7.05 Å². The van der Waals surface area contributed by atoms with Crippen LogP contribution in [-0.2, 0) is 7.05 Å². The van der Waals surface area contributed by atoms with E-state index in [0.717, 1.165) is 0 Å². The summed E-state index contributed by atoms with van der Waals surface area (Å²) in [6.45, 7) is 0. The van der Waals surface area contributed by atoms with E-state index in [1.165, 1.54) is 10.9 Å². The maximum absolute atomic E-state index is 12.1. The van der Waals surface area contributed by atoms with E-state index in [4.69, 9.17) is 0 Å². The van der Waals surface area contributed by atoms with Crippen LogP contribution in [-0.4, -0.2) is 9.55 Å². The molecule has 1 aromatic rings. The molecule has 2 nitrogen and oxygen atoms in total. The average molecular weight is 258 g/mol. The summed E-state index contributed by atoms with van der Waals surface area (Å²) < 4.78 is 25.8. The smallest absolute Gasteiger partial charge is 0.281 e. The molecule has 0 unspecified atom stereocenters. The van der Waals surface area contributed by atoms with Gasteiger partial charge in [0, 0.05) is 7.05 Å². The van der Waals surface area contributed by atoms with Crippen LogP contribution in [0.15, 0.2) is 6.33 Å². The first-order valence-electron chi connectivity index (χ1n) is 2.57. The molecule has 0 aromatic carbocycles. The zero-order chi connectivity index (χ0) is 7.72. The average Bonchev–Trinajstić information content (AvgIpc) is 2.11. The predicted molar refractivity (Wildman–Crippen MR) is 40.9 cm³/mol. The van der Waals surface area contributed by atoms with Crippen LogP contribution in [0.4, 0.5) is 8.78 Å². The quantitative estimate of drug-likeness (QED) is 0.704. The lowest BCUT2D eigenvalue weighted by molar-refractivity contribution is 0.141. The Kier molecular flexibility index (Phi) is 2.22. The minimum Gasteiger partial charge on any atom is -0.332 e. The van der Waals surface area contributed by atoms with E-state index in [1.54, 1.807) is 29.6 Å². The molecule has 1 heterocycles. The highest BCUT2D eigenvalue weighted by molar-refractivity contribution is 14.1. The van der Waals surface area contributed by atoms with Gasteiger partial charge in [-0.3, -0.25) is 0 Å². The monoisotopic (exact) mass is 258 g/mol. The van der Waals surface area contributed by atoms with E-state index in [9.17, 15) is 8.78 Å². The molecule has 1 rings (SSSR count). The number of halogens is 3. The van der Waals surface area contributed by atoms with Gasteiger partial charge in [0.15, 0.2) is 0 Å². The van der Waals surface area contributed by atoms with Gasteiger partial charge in [-0.2, -0.15) is 0 Å². The fourth-order valence-corrected chi connectivity index (χ4v) is 1.40. The first-order valence-corrected chi connectivity index (χ1v) is 3.65. The molecule has 0 saturated heterocycles. The number of aryl methyl sites for hydroxylation is 1. The summed E-state index contributed by atoms with van der Waals surface area (Å²) in [5.74, 6) is 0. The van der Waals surface area contributed by atoms with Crippen molar-refractivity contribution in [1.82, 2.24) is 9.55 Å². The number of hydrogen-bond donors (Lipinski definition) is 0. The van der Waals surface area contributed by atoms with Crippen molar-refractivity contribution in [2.45, 2.75) is 6.43 Å². The summed E-state index contributed by atoms with van der Waals surface area (Å²) in [6.07, 6.45) is -1.05. The largest absolute Gasteiger partial charge is 0.332 e. The fraction of sp³-hybridized carbons (Fsp3) is 0.400. The zero-order valence-corrected chi connectivity index (χ0v) is 7.34. The number of aromatic nitrogens is 2. The van der Waals surface area contributed by atoms with Crippen molar-refractivity contribution in [2.75, 3.05) is 0 Å². The molecule has 0 atom stereocenters. The summed E-state index contributed by atoms with van der Waals surface area (Å²) in [5, 5.41) is 0. The maximum Gasteiger partial charge on any atom is 0.281 e. The van der Waals surface area contributed by atoms with Gasteiger partial charge in [-0.05, 0) is 22.6 Å². The molecule has 0 N–H and O–H groups in total. The van der Waals surface area contributed by atoms with Gasteiger partial charge in [0.25, 0.3) is 6.43 Å². The van der Waals surface area contributed by atoms with Gasteiger partial charge in [0.05, 0.1) is 6.33 Å². The minimum absolute atomic E-state index is 0.0133. The Labute approximate surface area is 70.4 Å². The molecular formula is C5H5F2IN2. The molecule has 5 heteroatoms. The lowest BCUT2D eigenvalue weighted by Gasteiger charge is -1.98. The van der Waals surface area contributed by atoms with Gasteiger partial charge in [-0.25, -0.2) is 13.8 Å². The summed E-state index contributed by atoms with van der Waals surface area (Å²) in [4.78, 5) is 3.71. The highest BCUT2D eigenvalue weighted by Gasteiger charge is 2.15. The van der Waals surface area contributed by atoms with E-state index < -0.39 is 6.43 Å². The summed E-state index contributed by atoms with van der Waals surface area (Å²) in [7, 11) is 1.55. The van der Waals surface area contributed by atoms with E-state index >= 15 is 0 Å². The molecule has 10 heavy (non-hydrogen) atoms. The standard InChI is InChI=1S/C5H5F2IN2/c1-10-2-9-5(8)3(10)4(6)7/h2,4H,1H3. The van der Waals surface area contributed by atoms with Gasteiger partial charge in [0.2, 0.25) is 0 Å². The lowest BCUT2D eigenvalue weighted by Crippen LogP contribution is -1.96. The van der Waals surface area contributed by atoms with Crippen LogP contribution in [0.2, 0.25) is 0 Å². The minimum atomic E-state index is -2.43. The third-order valence-corrected chi connectivity index (χ3v) is 1.97.